The lowest BCUT2D eigenvalue weighted by molar-refractivity contribution is 0.0927. The molecule has 0 aliphatic rings. The highest BCUT2D eigenvalue weighted by atomic mass is 28.4. The standard InChI is InChI=1S/C37H62O2Si/c1-5-6-7-8-9-10-11-12-13-14-15-16-17-18-19-20-23-28-34(38)33-39-40(37(2,3)4,35-29-24-21-25-30-35)36-31-26-22-27-32-36/h21-22,24-27,29-32,34,38H,5-20,23,28,33H2,1-4H3/q-1/t34-/m1/s1. The highest BCUT2D eigenvalue weighted by molar-refractivity contribution is 6.99. The molecule has 2 nitrogen and oxygen atoms in total. The number of benzene rings is 2. The average Bonchev–Trinajstić information content (AvgIpc) is 2.95. The maximum atomic E-state index is 10.9. The van der Waals surface area contributed by atoms with E-state index in [0.717, 1.165) is 12.8 Å². The summed E-state index contributed by atoms with van der Waals surface area (Å²) < 4.78 is 6.90. The van der Waals surface area contributed by atoms with Crippen LogP contribution in [0.3, 0.4) is 0 Å². The molecule has 3 heteroatoms. The first-order chi connectivity index (χ1) is 19.4. The van der Waals surface area contributed by atoms with Gasteiger partial charge >= 0.3 is 0 Å². The van der Waals surface area contributed by atoms with Gasteiger partial charge in [0, 0.05) is 6.61 Å². The maximum Gasteiger partial charge on any atom is 0.0735 e. The summed E-state index contributed by atoms with van der Waals surface area (Å²) in [5, 5.41) is 13.4. The van der Waals surface area contributed by atoms with Crippen LogP contribution in [0.15, 0.2) is 60.7 Å². The molecule has 0 bridgehead atoms. The molecule has 0 unspecified atom stereocenters. The van der Waals surface area contributed by atoms with Gasteiger partial charge < -0.3 is 9.53 Å². The lowest BCUT2D eigenvalue weighted by atomic mass is 10.0. The van der Waals surface area contributed by atoms with Crippen LogP contribution in [-0.4, -0.2) is 26.1 Å². The van der Waals surface area contributed by atoms with E-state index >= 15 is 0 Å². The number of aliphatic hydroxyl groups excluding tert-OH is 1. The van der Waals surface area contributed by atoms with E-state index in [0.29, 0.717) is 6.61 Å². The molecular formula is C37H62O2Si-. The van der Waals surface area contributed by atoms with E-state index in [1.807, 2.05) is 0 Å². The van der Waals surface area contributed by atoms with Gasteiger partial charge in [-0.25, -0.2) is 0 Å². The lowest BCUT2D eigenvalue weighted by Gasteiger charge is -2.55. The zero-order valence-electron chi connectivity index (χ0n) is 26.6. The Labute approximate surface area is 249 Å². The molecule has 2 aromatic rings. The Morgan fingerprint density at radius 1 is 0.575 bits per heavy atom. The minimum absolute atomic E-state index is 0.0523. The SMILES string of the molecule is CCCCCCCCCCCCCCCCCCC[C@@H](O)CO[Si-](c1ccccc1)(c1ccccc1)C(C)(C)C. The molecule has 1 atom stereocenters. The fraction of sp³-hybridized carbons (Fsp3) is 0.676. The molecule has 40 heavy (non-hydrogen) atoms. The Hall–Kier alpha value is -1.42. The van der Waals surface area contributed by atoms with Crippen LogP contribution in [0.5, 0.6) is 0 Å². The van der Waals surface area contributed by atoms with Crippen LogP contribution in [0.25, 0.3) is 0 Å². The van der Waals surface area contributed by atoms with Crippen molar-refractivity contribution in [2.45, 2.75) is 154 Å². The van der Waals surface area contributed by atoms with Gasteiger partial charge in [0.1, 0.15) is 0 Å². The van der Waals surface area contributed by atoms with Crippen molar-refractivity contribution in [3.05, 3.63) is 60.7 Å². The van der Waals surface area contributed by atoms with Crippen LogP contribution < -0.4 is 10.4 Å². The molecule has 0 aromatic heterocycles. The van der Waals surface area contributed by atoms with Crippen molar-refractivity contribution < 1.29 is 9.53 Å². The normalized spacial score (nSPS) is 13.0. The molecule has 0 heterocycles. The van der Waals surface area contributed by atoms with Gasteiger partial charge in [0.25, 0.3) is 0 Å². The van der Waals surface area contributed by atoms with E-state index in [2.05, 4.69) is 88.4 Å². The summed E-state index contributed by atoms with van der Waals surface area (Å²) in [5.74, 6) is 0. The highest BCUT2D eigenvalue weighted by Crippen LogP contribution is 2.36. The van der Waals surface area contributed by atoms with E-state index in [1.165, 1.54) is 113 Å². The number of aliphatic hydroxyl groups is 1. The van der Waals surface area contributed by atoms with E-state index in [9.17, 15) is 5.11 Å². The van der Waals surface area contributed by atoms with Gasteiger partial charge in [-0.2, -0.15) is 10.4 Å². The fourth-order valence-corrected chi connectivity index (χ4v) is 10.8. The molecule has 0 fully saturated rings. The Bertz CT molecular complexity index is 806. The number of rotatable bonds is 23. The van der Waals surface area contributed by atoms with Gasteiger partial charge in [0.05, 0.1) is 14.4 Å². The second-order valence-electron chi connectivity index (χ2n) is 13.1. The Morgan fingerprint density at radius 3 is 1.27 bits per heavy atom. The molecular weight excluding hydrogens is 504 g/mol. The van der Waals surface area contributed by atoms with Crippen molar-refractivity contribution in [2.24, 2.45) is 0 Å². The van der Waals surface area contributed by atoms with Crippen LogP contribution in [-0.2, 0) is 4.43 Å². The Morgan fingerprint density at radius 2 is 0.925 bits per heavy atom. The van der Waals surface area contributed by atoms with E-state index in [4.69, 9.17) is 4.43 Å². The zero-order valence-corrected chi connectivity index (χ0v) is 27.6. The van der Waals surface area contributed by atoms with Crippen molar-refractivity contribution in [2.75, 3.05) is 6.61 Å². The summed E-state index contributed by atoms with van der Waals surface area (Å²) >= 11 is 0. The molecule has 0 saturated carbocycles. The molecule has 0 aliphatic heterocycles. The van der Waals surface area contributed by atoms with E-state index in [-0.39, 0.29) is 5.04 Å². The van der Waals surface area contributed by atoms with Gasteiger partial charge in [0.15, 0.2) is 0 Å². The molecule has 0 spiro atoms. The highest BCUT2D eigenvalue weighted by Gasteiger charge is 2.37. The molecule has 0 saturated heterocycles. The largest absolute Gasteiger partial charge is 0.556 e. The van der Waals surface area contributed by atoms with Crippen LogP contribution in [0, 0.1) is 0 Å². The van der Waals surface area contributed by atoms with Crippen LogP contribution in [0.2, 0.25) is 5.04 Å². The first kappa shape index (κ1) is 34.8. The number of hydrogen-bond acceptors (Lipinski definition) is 2. The third-order valence-electron chi connectivity index (χ3n) is 8.55. The second kappa shape index (κ2) is 20.5. The minimum atomic E-state index is -2.56. The summed E-state index contributed by atoms with van der Waals surface area (Å²) in [7, 11) is -2.56. The molecule has 0 radical (unpaired) electrons. The maximum absolute atomic E-state index is 10.9. The molecule has 2 rings (SSSR count). The van der Waals surface area contributed by atoms with E-state index in [1.54, 1.807) is 0 Å². The molecule has 0 aliphatic carbocycles. The van der Waals surface area contributed by atoms with Gasteiger partial charge in [-0.3, -0.25) is 0 Å². The van der Waals surface area contributed by atoms with Gasteiger partial charge in [-0.05, 0) is 6.42 Å². The number of unbranched alkanes of at least 4 members (excludes halogenated alkanes) is 16. The third kappa shape index (κ3) is 12.6. The average molecular weight is 567 g/mol. The second-order valence-corrected chi connectivity index (χ2v) is 17.4. The monoisotopic (exact) mass is 566 g/mol. The van der Waals surface area contributed by atoms with Crippen molar-refractivity contribution in [1.82, 2.24) is 0 Å². The summed E-state index contributed by atoms with van der Waals surface area (Å²) in [6, 6.07) is 21.5. The van der Waals surface area contributed by atoms with Gasteiger partial charge in [-0.15, -0.1) is 5.04 Å². The quantitative estimate of drug-likeness (QED) is 0.107. The van der Waals surface area contributed by atoms with Crippen LogP contribution >= 0.6 is 0 Å². The third-order valence-corrected chi connectivity index (χ3v) is 13.6. The van der Waals surface area contributed by atoms with E-state index < -0.39 is 14.4 Å². The smallest absolute Gasteiger partial charge is 0.0735 e. The van der Waals surface area contributed by atoms with Crippen LogP contribution in [0.1, 0.15) is 143 Å². The summed E-state index contributed by atoms with van der Waals surface area (Å²) in [6.07, 6.45) is 23.8. The zero-order chi connectivity index (χ0) is 28.9. The molecule has 227 valence electrons. The minimum Gasteiger partial charge on any atom is -0.556 e. The van der Waals surface area contributed by atoms with Gasteiger partial charge in [-0.1, -0.05) is 198 Å². The Balaban J connectivity index is 1.61. The number of hydrogen-bond donors (Lipinski definition) is 1. The molecule has 2 aromatic carbocycles. The van der Waals surface area contributed by atoms with Crippen molar-refractivity contribution in [1.29, 1.82) is 0 Å². The summed E-state index contributed by atoms with van der Waals surface area (Å²) in [4.78, 5) is 0. The Kier molecular flexibility index (Phi) is 17.8. The van der Waals surface area contributed by atoms with Gasteiger partial charge in [0.2, 0.25) is 0 Å². The summed E-state index contributed by atoms with van der Waals surface area (Å²) in [5.41, 5.74) is 0. The predicted octanol–water partition coefficient (Wildman–Crippen LogP) is 9.97. The molecule has 1 N–H and O–H groups in total. The van der Waals surface area contributed by atoms with Crippen LogP contribution in [0.4, 0.5) is 0 Å². The lowest BCUT2D eigenvalue weighted by Crippen LogP contribution is -2.67. The fourth-order valence-electron chi connectivity index (χ4n) is 6.17. The van der Waals surface area contributed by atoms with Crippen molar-refractivity contribution >= 4 is 18.7 Å². The first-order valence-corrected chi connectivity index (χ1v) is 18.8. The predicted molar refractivity (Wildman–Crippen MR) is 178 cm³/mol. The summed E-state index contributed by atoms with van der Waals surface area (Å²) in [6.45, 7) is 9.58. The first-order valence-electron chi connectivity index (χ1n) is 16.8. The van der Waals surface area contributed by atoms with Crippen molar-refractivity contribution in [3.63, 3.8) is 0 Å². The van der Waals surface area contributed by atoms with Crippen molar-refractivity contribution in [3.8, 4) is 0 Å². The molecule has 0 amide bonds. The topological polar surface area (TPSA) is 29.5 Å².